The van der Waals surface area contributed by atoms with E-state index in [-0.39, 0.29) is 36.1 Å². The summed E-state index contributed by atoms with van der Waals surface area (Å²) in [5.74, 6) is -0.523. The van der Waals surface area contributed by atoms with Gasteiger partial charge in [-0.2, -0.15) is 0 Å². The summed E-state index contributed by atoms with van der Waals surface area (Å²) in [7, 11) is 0. The minimum atomic E-state index is -0.454. The molecule has 0 radical (unpaired) electrons. The van der Waals surface area contributed by atoms with E-state index in [0.29, 0.717) is 5.75 Å². The highest BCUT2D eigenvalue weighted by Gasteiger charge is 2.24. The predicted molar refractivity (Wildman–Crippen MR) is 72.4 cm³/mol. The Bertz CT molecular complexity index is 343. The van der Waals surface area contributed by atoms with E-state index in [2.05, 4.69) is 5.32 Å². The zero-order chi connectivity index (χ0) is 14.3. The van der Waals surface area contributed by atoms with Gasteiger partial charge in [-0.1, -0.05) is 11.8 Å². The molecule has 0 saturated carbocycles. The number of rotatable bonds is 7. The van der Waals surface area contributed by atoms with Crippen molar-refractivity contribution >= 4 is 28.8 Å². The van der Waals surface area contributed by atoms with E-state index < -0.39 is 5.91 Å². The highest BCUT2D eigenvalue weighted by Crippen LogP contribution is 2.15. The molecule has 1 amide bonds. The average Bonchev–Trinajstić information content (AvgIpc) is 2.85. The number of carbonyl (C=O) groups is 3. The fraction of sp³-hybridized carbons (Fsp3) is 0.750. The van der Waals surface area contributed by atoms with Crippen LogP contribution >= 0.6 is 11.8 Å². The van der Waals surface area contributed by atoms with Gasteiger partial charge in [-0.3, -0.25) is 14.4 Å². The maximum absolute atomic E-state index is 11.7. The van der Waals surface area contributed by atoms with Crippen molar-refractivity contribution in [3.05, 3.63) is 0 Å². The average molecular weight is 288 g/mol. The van der Waals surface area contributed by atoms with Gasteiger partial charge >= 0.3 is 5.97 Å². The number of hydrogen-bond donors (Lipinski definition) is 2. The number of nitrogens with one attached hydrogen (secondary N) is 1. The Morgan fingerprint density at radius 2 is 2.21 bits per heavy atom. The fourth-order valence-electron chi connectivity index (χ4n) is 1.87. The van der Waals surface area contributed by atoms with Crippen LogP contribution in [0.3, 0.4) is 0 Å². The lowest BCUT2D eigenvalue weighted by atomic mass is 10.1. The summed E-state index contributed by atoms with van der Waals surface area (Å²) in [6.45, 7) is 2.41. The van der Waals surface area contributed by atoms with Crippen molar-refractivity contribution in [3.63, 3.8) is 0 Å². The SMILES string of the molecule is CC(=O)SCC(COC(=O)[C@@H]1CCCN1)CC(N)=O. The van der Waals surface area contributed by atoms with Gasteiger partial charge in [0.25, 0.3) is 0 Å². The van der Waals surface area contributed by atoms with E-state index in [9.17, 15) is 14.4 Å². The zero-order valence-corrected chi connectivity index (χ0v) is 11.8. The first-order valence-corrected chi connectivity index (χ1v) is 7.29. The molecule has 108 valence electrons. The lowest BCUT2D eigenvalue weighted by Gasteiger charge is -2.16. The van der Waals surface area contributed by atoms with Crippen molar-refractivity contribution in [1.82, 2.24) is 5.32 Å². The lowest BCUT2D eigenvalue weighted by molar-refractivity contribution is -0.147. The normalized spacial score (nSPS) is 19.9. The van der Waals surface area contributed by atoms with Crippen molar-refractivity contribution in [2.75, 3.05) is 18.9 Å². The van der Waals surface area contributed by atoms with Gasteiger partial charge in [-0.15, -0.1) is 0 Å². The molecule has 0 bridgehead atoms. The number of esters is 1. The molecule has 2 atom stereocenters. The smallest absolute Gasteiger partial charge is 0.323 e. The van der Waals surface area contributed by atoms with Crippen molar-refractivity contribution in [2.24, 2.45) is 11.7 Å². The van der Waals surface area contributed by atoms with Gasteiger partial charge in [0.2, 0.25) is 5.91 Å². The molecule has 6 nitrogen and oxygen atoms in total. The largest absolute Gasteiger partial charge is 0.464 e. The topological polar surface area (TPSA) is 98.5 Å². The van der Waals surface area contributed by atoms with E-state index in [1.165, 1.54) is 6.92 Å². The number of nitrogens with two attached hydrogens (primary N) is 1. The van der Waals surface area contributed by atoms with E-state index in [1.54, 1.807) is 0 Å². The molecule has 0 aromatic carbocycles. The highest BCUT2D eigenvalue weighted by atomic mass is 32.2. The van der Waals surface area contributed by atoms with Crippen LogP contribution in [-0.2, 0) is 19.1 Å². The monoisotopic (exact) mass is 288 g/mol. The first-order chi connectivity index (χ1) is 8.99. The maximum Gasteiger partial charge on any atom is 0.323 e. The Hall–Kier alpha value is -1.08. The molecule has 1 heterocycles. The molecule has 0 aromatic rings. The Balaban J connectivity index is 2.35. The van der Waals surface area contributed by atoms with Gasteiger partial charge in [0, 0.05) is 25.0 Å². The van der Waals surface area contributed by atoms with Crippen LogP contribution < -0.4 is 11.1 Å². The van der Waals surface area contributed by atoms with Gasteiger partial charge < -0.3 is 15.8 Å². The first-order valence-electron chi connectivity index (χ1n) is 6.30. The summed E-state index contributed by atoms with van der Waals surface area (Å²) in [4.78, 5) is 33.5. The standard InChI is InChI=1S/C12H20N2O4S/c1-8(15)19-7-9(5-11(13)16)6-18-12(17)10-3-2-4-14-10/h9-10,14H,2-7H2,1H3,(H2,13,16)/t9?,10-/m0/s1. The van der Waals surface area contributed by atoms with E-state index in [0.717, 1.165) is 31.1 Å². The first kappa shape index (κ1) is 16.0. The molecule has 0 aliphatic carbocycles. The van der Waals surface area contributed by atoms with Crippen molar-refractivity contribution in [2.45, 2.75) is 32.2 Å². The zero-order valence-electron chi connectivity index (χ0n) is 11.0. The molecule has 0 aromatic heterocycles. The molecule has 1 fully saturated rings. The quantitative estimate of drug-likeness (QED) is 0.642. The van der Waals surface area contributed by atoms with Gasteiger partial charge in [0.05, 0.1) is 6.61 Å². The molecule has 19 heavy (non-hydrogen) atoms. The third-order valence-corrected chi connectivity index (χ3v) is 3.86. The van der Waals surface area contributed by atoms with Crippen molar-refractivity contribution in [3.8, 4) is 0 Å². The van der Waals surface area contributed by atoms with Gasteiger partial charge in [-0.25, -0.2) is 0 Å². The number of ether oxygens (including phenoxy) is 1. The molecule has 1 aliphatic rings. The molecule has 1 rings (SSSR count). The van der Waals surface area contributed by atoms with Crippen LogP contribution in [0.5, 0.6) is 0 Å². The Morgan fingerprint density at radius 1 is 1.47 bits per heavy atom. The number of hydrogen-bond acceptors (Lipinski definition) is 6. The molecule has 7 heteroatoms. The summed E-state index contributed by atoms with van der Waals surface area (Å²) in [6, 6.07) is -0.241. The number of primary amides is 1. The van der Waals surface area contributed by atoms with Crippen LogP contribution in [-0.4, -0.2) is 41.9 Å². The molecule has 1 saturated heterocycles. The van der Waals surface area contributed by atoms with Crippen LogP contribution in [0.2, 0.25) is 0 Å². The third-order valence-electron chi connectivity index (χ3n) is 2.82. The van der Waals surface area contributed by atoms with E-state index >= 15 is 0 Å². The fourth-order valence-corrected chi connectivity index (χ4v) is 2.56. The summed E-state index contributed by atoms with van der Waals surface area (Å²) in [5, 5.41) is 3.02. The van der Waals surface area contributed by atoms with Gasteiger partial charge in [0.1, 0.15) is 6.04 Å². The van der Waals surface area contributed by atoms with Crippen molar-refractivity contribution < 1.29 is 19.1 Å². The predicted octanol–water partition coefficient (Wildman–Crippen LogP) is 0.0529. The third kappa shape index (κ3) is 6.58. The van der Waals surface area contributed by atoms with Gasteiger partial charge in [-0.05, 0) is 19.4 Å². The molecule has 0 spiro atoms. The van der Waals surface area contributed by atoms with Crippen LogP contribution in [0, 0.1) is 5.92 Å². The lowest BCUT2D eigenvalue weighted by Crippen LogP contribution is -2.34. The van der Waals surface area contributed by atoms with E-state index in [1.807, 2.05) is 0 Å². The molecule has 1 aliphatic heterocycles. The van der Waals surface area contributed by atoms with Crippen LogP contribution in [0.15, 0.2) is 0 Å². The Kier molecular flexibility index (Phi) is 6.86. The second-order valence-electron chi connectivity index (χ2n) is 4.62. The summed E-state index contributed by atoms with van der Waals surface area (Å²) >= 11 is 1.11. The van der Waals surface area contributed by atoms with E-state index in [4.69, 9.17) is 10.5 Å². The van der Waals surface area contributed by atoms with Crippen LogP contribution in [0.1, 0.15) is 26.2 Å². The van der Waals surface area contributed by atoms with Gasteiger partial charge in [0.15, 0.2) is 5.12 Å². The summed E-state index contributed by atoms with van der Waals surface area (Å²) in [5.41, 5.74) is 5.14. The molecule has 1 unspecified atom stereocenters. The van der Waals surface area contributed by atoms with Crippen LogP contribution in [0.4, 0.5) is 0 Å². The summed E-state index contributed by atoms with van der Waals surface area (Å²) < 4.78 is 5.19. The van der Waals surface area contributed by atoms with Crippen LogP contribution in [0.25, 0.3) is 0 Å². The minimum Gasteiger partial charge on any atom is -0.464 e. The molecular formula is C12H20N2O4S. The molecule has 3 N–H and O–H groups in total. The Morgan fingerprint density at radius 3 is 2.74 bits per heavy atom. The second kappa shape index (κ2) is 8.16. The highest BCUT2D eigenvalue weighted by molar-refractivity contribution is 8.13. The number of amides is 1. The molecular weight excluding hydrogens is 268 g/mol. The number of thioether (sulfide) groups is 1. The minimum absolute atomic E-state index is 0.0294. The Labute approximate surface area is 116 Å². The van der Waals surface area contributed by atoms with Crippen molar-refractivity contribution in [1.29, 1.82) is 0 Å². The summed E-state index contributed by atoms with van der Waals surface area (Å²) in [6.07, 6.45) is 1.86. The maximum atomic E-state index is 11.7. The number of carbonyl (C=O) groups excluding carboxylic acids is 3. The second-order valence-corrected chi connectivity index (χ2v) is 5.81.